The van der Waals surface area contributed by atoms with Crippen LogP contribution in [0.15, 0.2) is 0 Å². The fraction of sp³-hybridized carbons (Fsp3) is 0.909. The van der Waals surface area contributed by atoms with E-state index >= 15 is 0 Å². The summed E-state index contributed by atoms with van der Waals surface area (Å²) in [6, 6.07) is 0.537. The van der Waals surface area contributed by atoms with Crippen LogP contribution in [0.4, 0.5) is 0 Å². The molecule has 0 aromatic rings. The van der Waals surface area contributed by atoms with Gasteiger partial charge in [0.05, 0.1) is 0 Å². The number of hydrogen-bond donors (Lipinski definition) is 2. The molecular weight excluding hydrogens is 176 g/mol. The first kappa shape index (κ1) is 11.5. The Bertz CT molecular complexity index is 176. The van der Waals surface area contributed by atoms with Crippen LogP contribution in [0.1, 0.15) is 45.4 Å². The minimum atomic E-state index is -0.214. The van der Waals surface area contributed by atoms with Crippen molar-refractivity contribution in [3.8, 4) is 0 Å². The molecular formula is C11H22N2O. The Morgan fingerprint density at radius 1 is 1.43 bits per heavy atom. The van der Waals surface area contributed by atoms with Gasteiger partial charge in [-0.05, 0) is 25.7 Å². The normalized spacial score (nSPS) is 20.6. The molecule has 1 rings (SSSR count). The van der Waals surface area contributed by atoms with Crippen molar-refractivity contribution in [2.75, 3.05) is 6.54 Å². The van der Waals surface area contributed by atoms with E-state index < -0.39 is 0 Å². The van der Waals surface area contributed by atoms with Gasteiger partial charge in [0, 0.05) is 19.0 Å². The van der Waals surface area contributed by atoms with Gasteiger partial charge in [-0.15, -0.1) is 0 Å². The van der Waals surface area contributed by atoms with Crippen molar-refractivity contribution >= 4 is 5.91 Å². The summed E-state index contributed by atoms with van der Waals surface area (Å²) in [6.07, 6.45) is 7.26. The Hall–Kier alpha value is -0.570. The van der Waals surface area contributed by atoms with E-state index in [4.69, 9.17) is 5.73 Å². The Morgan fingerprint density at radius 2 is 2.07 bits per heavy atom. The van der Waals surface area contributed by atoms with Crippen molar-refractivity contribution in [2.45, 2.75) is 51.5 Å². The molecule has 0 aromatic heterocycles. The quantitative estimate of drug-likeness (QED) is 0.702. The van der Waals surface area contributed by atoms with Crippen LogP contribution in [0.25, 0.3) is 0 Å². The van der Waals surface area contributed by atoms with Crippen molar-refractivity contribution in [3.05, 3.63) is 0 Å². The standard InChI is InChI=1S/C11H22N2O/c1-9(13-8-7-11(12)14)10-5-3-2-4-6-10/h9-10,13H,2-8H2,1H3,(H2,12,14)/t9-/m0/s1. The molecule has 1 aliphatic carbocycles. The highest BCUT2D eigenvalue weighted by molar-refractivity contribution is 5.73. The molecule has 0 aliphatic heterocycles. The first-order chi connectivity index (χ1) is 6.70. The zero-order valence-corrected chi connectivity index (χ0v) is 9.09. The van der Waals surface area contributed by atoms with Gasteiger partial charge in [-0.3, -0.25) is 4.79 Å². The minimum Gasteiger partial charge on any atom is -0.370 e. The van der Waals surface area contributed by atoms with Gasteiger partial charge in [-0.1, -0.05) is 19.3 Å². The summed E-state index contributed by atoms with van der Waals surface area (Å²) >= 11 is 0. The largest absolute Gasteiger partial charge is 0.370 e. The van der Waals surface area contributed by atoms with Crippen LogP contribution in [-0.2, 0) is 4.79 Å². The van der Waals surface area contributed by atoms with Crippen molar-refractivity contribution in [1.82, 2.24) is 5.32 Å². The molecule has 1 atom stereocenters. The Labute approximate surface area is 86.4 Å². The van der Waals surface area contributed by atoms with E-state index in [0.717, 1.165) is 12.5 Å². The molecule has 1 saturated carbocycles. The lowest BCUT2D eigenvalue weighted by Gasteiger charge is -2.28. The minimum absolute atomic E-state index is 0.214. The number of nitrogens with one attached hydrogen (secondary N) is 1. The second kappa shape index (κ2) is 6.02. The number of primary amides is 1. The third-order valence-electron chi connectivity index (χ3n) is 3.19. The summed E-state index contributed by atoms with van der Waals surface area (Å²) in [6.45, 7) is 2.95. The van der Waals surface area contributed by atoms with Gasteiger partial charge in [0.2, 0.25) is 5.91 Å². The number of nitrogens with two attached hydrogens (primary N) is 1. The van der Waals surface area contributed by atoms with Gasteiger partial charge in [0.25, 0.3) is 0 Å². The maximum Gasteiger partial charge on any atom is 0.218 e. The highest BCUT2D eigenvalue weighted by Crippen LogP contribution is 2.26. The fourth-order valence-corrected chi connectivity index (χ4v) is 2.22. The van der Waals surface area contributed by atoms with Gasteiger partial charge in [-0.2, -0.15) is 0 Å². The van der Waals surface area contributed by atoms with E-state index in [9.17, 15) is 4.79 Å². The van der Waals surface area contributed by atoms with Gasteiger partial charge in [0.15, 0.2) is 0 Å². The molecule has 0 aromatic carbocycles. The topological polar surface area (TPSA) is 55.1 Å². The van der Waals surface area contributed by atoms with Gasteiger partial charge in [0.1, 0.15) is 0 Å². The van der Waals surface area contributed by atoms with E-state index in [1.807, 2.05) is 0 Å². The highest BCUT2D eigenvalue weighted by atomic mass is 16.1. The second-order valence-corrected chi connectivity index (χ2v) is 4.36. The molecule has 0 spiro atoms. The van der Waals surface area contributed by atoms with Crippen LogP contribution in [0.2, 0.25) is 0 Å². The molecule has 1 fully saturated rings. The highest BCUT2D eigenvalue weighted by Gasteiger charge is 2.19. The SMILES string of the molecule is C[C@H](NCCC(N)=O)C1CCCCC1. The average molecular weight is 198 g/mol. The third kappa shape index (κ3) is 4.09. The van der Waals surface area contributed by atoms with E-state index in [1.54, 1.807) is 0 Å². The summed E-state index contributed by atoms with van der Waals surface area (Å²) in [5.41, 5.74) is 5.08. The van der Waals surface area contributed by atoms with Gasteiger partial charge >= 0.3 is 0 Å². The summed E-state index contributed by atoms with van der Waals surface area (Å²) in [4.78, 5) is 10.5. The van der Waals surface area contributed by atoms with Crippen molar-refractivity contribution in [2.24, 2.45) is 11.7 Å². The smallest absolute Gasteiger partial charge is 0.218 e. The zero-order chi connectivity index (χ0) is 10.4. The Kier molecular flexibility index (Phi) is 4.94. The predicted octanol–water partition coefficient (Wildman–Crippen LogP) is 1.42. The molecule has 14 heavy (non-hydrogen) atoms. The molecule has 1 amide bonds. The molecule has 3 nitrogen and oxygen atoms in total. The second-order valence-electron chi connectivity index (χ2n) is 4.36. The number of carbonyl (C=O) groups is 1. The molecule has 3 N–H and O–H groups in total. The summed E-state index contributed by atoms with van der Waals surface area (Å²) in [7, 11) is 0. The molecule has 82 valence electrons. The number of rotatable bonds is 5. The van der Waals surface area contributed by atoms with Crippen LogP contribution in [-0.4, -0.2) is 18.5 Å². The Balaban J connectivity index is 2.13. The van der Waals surface area contributed by atoms with E-state index in [0.29, 0.717) is 12.5 Å². The van der Waals surface area contributed by atoms with Crippen LogP contribution >= 0.6 is 0 Å². The van der Waals surface area contributed by atoms with Crippen molar-refractivity contribution < 1.29 is 4.79 Å². The lowest BCUT2D eigenvalue weighted by molar-refractivity contribution is -0.117. The van der Waals surface area contributed by atoms with Crippen LogP contribution in [0.5, 0.6) is 0 Å². The summed E-state index contributed by atoms with van der Waals surface area (Å²) < 4.78 is 0. The zero-order valence-electron chi connectivity index (χ0n) is 9.09. The Morgan fingerprint density at radius 3 is 2.64 bits per heavy atom. The molecule has 1 aliphatic rings. The van der Waals surface area contributed by atoms with E-state index in [2.05, 4.69) is 12.2 Å². The monoisotopic (exact) mass is 198 g/mol. The van der Waals surface area contributed by atoms with Crippen LogP contribution in [0.3, 0.4) is 0 Å². The van der Waals surface area contributed by atoms with Crippen LogP contribution in [0, 0.1) is 5.92 Å². The lowest BCUT2D eigenvalue weighted by Crippen LogP contribution is -2.36. The van der Waals surface area contributed by atoms with Gasteiger partial charge < -0.3 is 11.1 Å². The van der Waals surface area contributed by atoms with Crippen molar-refractivity contribution in [1.29, 1.82) is 0 Å². The maximum atomic E-state index is 10.5. The molecule has 0 radical (unpaired) electrons. The molecule has 0 saturated heterocycles. The van der Waals surface area contributed by atoms with E-state index in [-0.39, 0.29) is 5.91 Å². The molecule has 0 bridgehead atoms. The predicted molar refractivity (Wildman–Crippen MR) is 57.9 cm³/mol. The lowest BCUT2D eigenvalue weighted by atomic mass is 9.84. The average Bonchev–Trinajstić information content (AvgIpc) is 2.18. The third-order valence-corrected chi connectivity index (χ3v) is 3.19. The first-order valence-electron chi connectivity index (χ1n) is 5.72. The van der Waals surface area contributed by atoms with Crippen molar-refractivity contribution in [3.63, 3.8) is 0 Å². The fourth-order valence-electron chi connectivity index (χ4n) is 2.22. The molecule has 0 unspecified atom stereocenters. The van der Waals surface area contributed by atoms with E-state index in [1.165, 1.54) is 32.1 Å². The van der Waals surface area contributed by atoms with Crippen LogP contribution < -0.4 is 11.1 Å². The number of amides is 1. The molecule has 3 heteroatoms. The first-order valence-corrected chi connectivity index (χ1v) is 5.72. The summed E-state index contributed by atoms with van der Waals surface area (Å²) in [5, 5.41) is 3.38. The summed E-state index contributed by atoms with van der Waals surface area (Å²) in [5.74, 6) is 0.588. The van der Waals surface area contributed by atoms with Gasteiger partial charge in [-0.25, -0.2) is 0 Å². The number of hydrogen-bond acceptors (Lipinski definition) is 2. The maximum absolute atomic E-state index is 10.5. The molecule has 0 heterocycles. The number of carbonyl (C=O) groups excluding carboxylic acids is 1.